The van der Waals surface area contributed by atoms with Crippen LogP contribution in [0.15, 0.2) is 43.0 Å². The molecule has 3 rings (SSSR count). The van der Waals surface area contributed by atoms with Gasteiger partial charge in [0, 0.05) is 25.0 Å². The van der Waals surface area contributed by atoms with Crippen LogP contribution in [-0.2, 0) is 30.2 Å². The average molecular weight is 586 g/mol. The van der Waals surface area contributed by atoms with Gasteiger partial charge in [-0.25, -0.2) is 9.69 Å². The Labute approximate surface area is 251 Å². The first-order chi connectivity index (χ1) is 20.0. The number of benzene rings is 1. The van der Waals surface area contributed by atoms with Gasteiger partial charge in [0.1, 0.15) is 12.4 Å². The monoisotopic (exact) mass is 585 g/mol. The summed E-state index contributed by atoms with van der Waals surface area (Å²) in [6.45, 7) is 11.3. The smallest absolute Gasteiger partial charge is 0.417 e. The lowest BCUT2D eigenvalue weighted by molar-refractivity contribution is -0.214. The van der Waals surface area contributed by atoms with Crippen molar-refractivity contribution < 1.29 is 33.7 Å². The Hall–Kier alpha value is -2.59. The van der Waals surface area contributed by atoms with Crippen molar-refractivity contribution in [3.05, 3.63) is 55.0 Å². The predicted octanol–water partition coefficient (Wildman–Crippen LogP) is 4.28. The van der Waals surface area contributed by atoms with Crippen molar-refractivity contribution in [3.63, 3.8) is 0 Å². The fourth-order valence-electron chi connectivity index (χ4n) is 6.01. The van der Waals surface area contributed by atoms with E-state index in [1.165, 1.54) is 0 Å². The van der Waals surface area contributed by atoms with Crippen LogP contribution in [0.25, 0.3) is 0 Å². The van der Waals surface area contributed by atoms with Gasteiger partial charge in [0.25, 0.3) is 0 Å². The molecule has 9 heteroatoms. The van der Waals surface area contributed by atoms with Crippen LogP contribution in [-0.4, -0.2) is 90.6 Å². The topological polar surface area (TPSA) is 106 Å². The number of hydrogen-bond donors (Lipinski definition) is 1. The van der Waals surface area contributed by atoms with Crippen molar-refractivity contribution in [2.24, 2.45) is 23.7 Å². The highest BCUT2D eigenvalue weighted by atomic mass is 16.7. The van der Waals surface area contributed by atoms with E-state index < -0.39 is 42.3 Å². The van der Waals surface area contributed by atoms with Crippen molar-refractivity contribution in [2.45, 2.75) is 84.0 Å². The molecule has 1 aromatic carbocycles. The van der Waals surface area contributed by atoms with Crippen molar-refractivity contribution in [1.82, 2.24) is 9.80 Å². The van der Waals surface area contributed by atoms with Gasteiger partial charge in [-0.1, -0.05) is 50.3 Å². The summed E-state index contributed by atoms with van der Waals surface area (Å²) in [6.07, 6.45) is 4.21. The molecule has 2 aliphatic rings. The minimum absolute atomic E-state index is 0.00322. The number of amides is 2. The lowest BCUT2D eigenvalue weighted by atomic mass is 9.79. The number of carbonyl (C=O) groups excluding carboxylic acids is 3. The third-order valence-corrected chi connectivity index (χ3v) is 8.48. The van der Waals surface area contributed by atoms with E-state index in [1.807, 2.05) is 64.7 Å². The van der Waals surface area contributed by atoms with E-state index in [0.717, 1.165) is 16.9 Å². The molecule has 233 valence electrons. The first-order valence-electron chi connectivity index (χ1n) is 15.1. The fourth-order valence-corrected chi connectivity index (χ4v) is 6.01. The number of imide groups is 1. The van der Waals surface area contributed by atoms with Gasteiger partial charge in [-0.15, -0.1) is 6.58 Å². The zero-order chi connectivity index (χ0) is 31.0. The zero-order valence-corrected chi connectivity index (χ0v) is 26.0. The Morgan fingerprint density at radius 1 is 1.21 bits per heavy atom. The van der Waals surface area contributed by atoms with Crippen molar-refractivity contribution in [2.75, 3.05) is 27.3 Å². The number of aliphatic hydroxyl groups excluding tert-OH is 1. The van der Waals surface area contributed by atoms with Crippen LogP contribution in [0.1, 0.15) is 52.5 Å². The lowest BCUT2D eigenvalue weighted by Crippen LogP contribution is -2.49. The molecular weight excluding hydrogens is 536 g/mol. The number of nitrogens with zero attached hydrogens (tertiary/aromatic N) is 2. The molecule has 0 saturated carbocycles. The molecule has 9 atom stereocenters. The maximum atomic E-state index is 14.0. The Morgan fingerprint density at radius 2 is 1.90 bits per heavy atom. The molecule has 9 nitrogen and oxygen atoms in total. The van der Waals surface area contributed by atoms with Gasteiger partial charge in [0.15, 0.2) is 6.29 Å². The molecule has 1 radical (unpaired) electrons. The number of ether oxygens (including phenoxy) is 3. The second-order valence-corrected chi connectivity index (χ2v) is 12.2. The number of carbonyl (C=O) groups is 3. The number of allylic oxidation sites excluding steroid dienone is 1. The lowest BCUT2D eigenvalue weighted by Gasteiger charge is -2.41. The molecule has 1 aromatic rings. The summed E-state index contributed by atoms with van der Waals surface area (Å²) in [7, 11) is 4.01. The molecule has 0 spiro atoms. The summed E-state index contributed by atoms with van der Waals surface area (Å²) in [6, 6.07) is 9.23. The van der Waals surface area contributed by atoms with E-state index in [0.29, 0.717) is 19.3 Å². The van der Waals surface area contributed by atoms with Gasteiger partial charge < -0.3 is 24.2 Å². The molecule has 2 saturated heterocycles. The molecule has 0 aliphatic carbocycles. The Bertz CT molecular complexity index is 1050. The van der Waals surface area contributed by atoms with Gasteiger partial charge in [-0.2, -0.15) is 0 Å². The summed E-state index contributed by atoms with van der Waals surface area (Å²) in [4.78, 5) is 43.5. The molecule has 2 fully saturated rings. The highest BCUT2D eigenvalue weighted by Gasteiger charge is 2.44. The second-order valence-electron chi connectivity index (χ2n) is 12.2. The summed E-state index contributed by atoms with van der Waals surface area (Å²) >= 11 is 0. The molecule has 2 amide bonds. The Morgan fingerprint density at radius 3 is 2.52 bits per heavy atom. The zero-order valence-electron chi connectivity index (χ0n) is 26.0. The molecule has 42 heavy (non-hydrogen) atoms. The molecule has 2 heterocycles. The van der Waals surface area contributed by atoms with Crippen LogP contribution in [0.3, 0.4) is 0 Å². The van der Waals surface area contributed by atoms with Crippen molar-refractivity contribution in [1.29, 1.82) is 0 Å². The minimum Gasteiger partial charge on any atom is -0.447 e. The van der Waals surface area contributed by atoms with Crippen LogP contribution in [0.5, 0.6) is 0 Å². The Kier molecular flexibility index (Phi) is 12.7. The quantitative estimate of drug-likeness (QED) is 0.240. The van der Waals surface area contributed by atoms with E-state index in [-0.39, 0.29) is 43.0 Å². The van der Waals surface area contributed by atoms with Gasteiger partial charge in [-0.3, -0.25) is 9.59 Å². The number of cyclic esters (lactones) is 1. The maximum absolute atomic E-state index is 14.0. The minimum atomic E-state index is -1.08. The van der Waals surface area contributed by atoms with Gasteiger partial charge in [0.05, 0.1) is 24.2 Å². The third-order valence-electron chi connectivity index (χ3n) is 8.48. The number of Topliss-reactive ketones (excluding diaryl/α,β-unsaturated/α-hetero) is 1. The Balaban J connectivity index is 1.83. The molecule has 0 aromatic heterocycles. The van der Waals surface area contributed by atoms with E-state index in [1.54, 1.807) is 19.9 Å². The molecule has 0 bridgehead atoms. The normalized spacial score (nSPS) is 26.3. The van der Waals surface area contributed by atoms with Crippen LogP contribution >= 0.6 is 0 Å². The van der Waals surface area contributed by atoms with Crippen LogP contribution < -0.4 is 0 Å². The SMILES string of the molecule is C=CCC(CC(C)CO)C(OC1[CH]C(N(C)C)CC(C)O1)C(C)C(=O)[C@@H](C)C(=O)N1C(=O)OC[C@H]1Cc1ccccc1. The van der Waals surface area contributed by atoms with Gasteiger partial charge >= 0.3 is 6.09 Å². The molecule has 2 aliphatic heterocycles. The van der Waals surface area contributed by atoms with Crippen LogP contribution in [0, 0.1) is 30.1 Å². The highest BCUT2D eigenvalue weighted by molar-refractivity contribution is 6.07. The van der Waals surface area contributed by atoms with E-state index in [2.05, 4.69) is 11.5 Å². The van der Waals surface area contributed by atoms with E-state index in [4.69, 9.17) is 14.2 Å². The first-order valence-corrected chi connectivity index (χ1v) is 15.1. The number of ketones is 1. The third kappa shape index (κ3) is 8.72. The summed E-state index contributed by atoms with van der Waals surface area (Å²) in [5.41, 5.74) is 0.971. The van der Waals surface area contributed by atoms with Gasteiger partial charge in [0.2, 0.25) is 5.91 Å². The van der Waals surface area contributed by atoms with Gasteiger partial charge in [-0.05, 0) is 71.0 Å². The standard InChI is InChI=1S/C33H49N2O7/c1-8-12-26(15-21(2)19-36)31(42-29-18-27(34(6)7)16-22(3)41-29)23(4)30(37)24(5)32(38)35-28(20-40-33(35)39)17-25-13-10-9-11-14-25/h8-11,13-14,18,21-24,26-29,31,36H,1,12,15-17,19-20H2,2-7H3/t21?,22?,23?,24-,26?,27?,28-,29?,31?/m1/s1. The van der Waals surface area contributed by atoms with E-state index in [9.17, 15) is 19.5 Å². The van der Waals surface area contributed by atoms with Crippen LogP contribution in [0.4, 0.5) is 4.79 Å². The highest BCUT2D eigenvalue weighted by Crippen LogP contribution is 2.33. The second kappa shape index (κ2) is 15.8. The molecule has 1 N–H and O–H groups in total. The molecular formula is C33H49N2O7. The summed E-state index contributed by atoms with van der Waals surface area (Å²) in [5.74, 6) is -2.84. The predicted molar refractivity (Wildman–Crippen MR) is 160 cm³/mol. The largest absolute Gasteiger partial charge is 0.447 e. The number of aliphatic hydroxyl groups is 1. The first kappa shape index (κ1) is 33.9. The van der Waals surface area contributed by atoms with E-state index >= 15 is 0 Å². The fraction of sp³-hybridized carbons (Fsp3) is 0.636. The molecule has 7 unspecified atom stereocenters. The van der Waals surface area contributed by atoms with Crippen LogP contribution in [0.2, 0.25) is 0 Å². The summed E-state index contributed by atoms with van der Waals surface area (Å²) in [5, 5.41) is 9.81. The van der Waals surface area contributed by atoms with Crippen molar-refractivity contribution in [3.8, 4) is 0 Å². The maximum Gasteiger partial charge on any atom is 0.417 e. The average Bonchev–Trinajstić information content (AvgIpc) is 3.33. The van der Waals surface area contributed by atoms with Crippen molar-refractivity contribution >= 4 is 17.8 Å². The summed E-state index contributed by atoms with van der Waals surface area (Å²) < 4.78 is 18.0. The number of hydrogen-bond acceptors (Lipinski definition) is 8. The number of rotatable bonds is 15.